The second-order valence-electron chi connectivity index (χ2n) is 6.36. The number of nitrogens with zero attached hydrogens (tertiary/aromatic N) is 2. The van der Waals surface area contributed by atoms with Crippen LogP contribution >= 0.6 is 0 Å². The van der Waals surface area contributed by atoms with Crippen LogP contribution < -0.4 is 5.32 Å². The smallest absolute Gasteiger partial charge is 0.203 e. The minimum atomic E-state index is 0.661. The van der Waals surface area contributed by atoms with Crippen LogP contribution in [0.5, 0.6) is 0 Å². The van der Waals surface area contributed by atoms with Crippen molar-refractivity contribution in [2.24, 2.45) is 5.92 Å². The Morgan fingerprint density at radius 3 is 2.60 bits per heavy atom. The van der Waals surface area contributed by atoms with Crippen molar-refractivity contribution < 1.29 is 0 Å². The Kier molecular flexibility index (Phi) is 5.93. The van der Waals surface area contributed by atoms with Gasteiger partial charge in [-0.15, -0.1) is 0 Å². The molecule has 1 aromatic heterocycles. The van der Waals surface area contributed by atoms with Crippen molar-refractivity contribution in [3.8, 4) is 0 Å². The summed E-state index contributed by atoms with van der Waals surface area (Å²) >= 11 is 0. The lowest BCUT2D eigenvalue weighted by Crippen LogP contribution is -2.19. The highest BCUT2D eigenvalue weighted by Crippen LogP contribution is 2.35. The maximum atomic E-state index is 4.66. The second kappa shape index (κ2) is 7.70. The largest absolute Gasteiger partial charge is 0.356 e. The lowest BCUT2D eigenvalue weighted by Gasteiger charge is -2.30. The zero-order valence-electron chi connectivity index (χ0n) is 13.5. The van der Waals surface area contributed by atoms with E-state index in [-0.39, 0.29) is 0 Å². The minimum Gasteiger partial charge on any atom is -0.356 e. The average Bonchev–Trinajstić information content (AvgIpc) is 2.81. The third-order valence-corrected chi connectivity index (χ3v) is 4.57. The van der Waals surface area contributed by atoms with Crippen molar-refractivity contribution in [2.75, 3.05) is 11.9 Å². The molecule has 0 amide bonds. The van der Waals surface area contributed by atoms with E-state index in [0.29, 0.717) is 6.04 Å². The Balaban J connectivity index is 1.94. The van der Waals surface area contributed by atoms with Crippen LogP contribution in [0.15, 0.2) is 6.20 Å². The van der Waals surface area contributed by atoms with Crippen molar-refractivity contribution >= 4 is 5.95 Å². The molecule has 0 radical (unpaired) electrons. The molecular formula is C17H31N3. The normalized spacial score (nSPS) is 22.9. The molecule has 20 heavy (non-hydrogen) atoms. The van der Waals surface area contributed by atoms with Crippen LogP contribution in [0.25, 0.3) is 0 Å². The quantitative estimate of drug-likeness (QED) is 0.716. The van der Waals surface area contributed by atoms with Crippen LogP contribution in [0.4, 0.5) is 5.95 Å². The summed E-state index contributed by atoms with van der Waals surface area (Å²) in [5.74, 6) is 2.06. The third kappa shape index (κ3) is 4.00. The molecule has 2 rings (SSSR count). The van der Waals surface area contributed by atoms with Gasteiger partial charge in [0.2, 0.25) is 5.95 Å². The van der Waals surface area contributed by atoms with E-state index in [2.05, 4.69) is 41.8 Å². The first-order chi connectivity index (χ1) is 9.74. The topological polar surface area (TPSA) is 29.9 Å². The van der Waals surface area contributed by atoms with Crippen LogP contribution in [-0.4, -0.2) is 16.1 Å². The molecule has 1 saturated carbocycles. The second-order valence-corrected chi connectivity index (χ2v) is 6.36. The van der Waals surface area contributed by atoms with Crippen LogP contribution in [0.2, 0.25) is 0 Å². The Hall–Kier alpha value is -0.990. The van der Waals surface area contributed by atoms with Gasteiger partial charge in [-0.25, -0.2) is 4.98 Å². The van der Waals surface area contributed by atoms with E-state index in [1.54, 1.807) is 0 Å². The molecule has 114 valence electrons. The van der Waals surface area contributed by atoms with Gasteiger partial charge in [-0.1, -0.05) is 33.1 Å². The van der Waals surface area contributed by atoms with E-state index in [0.717, 1.165) is 24.1 Å². The molecule has 0 atom stereocenters. The number of hydrogen-bond donors (Lipinski definition) is 1. The number of unbranched alkanes of at least 4 members (excludes halogenated alkanes) is 1. The zero-order valence-corrected chi connectivity index (χ0v) is 13.5. The Bertz CT molecular complexity index is 389. The number of nitrogens with one attached hydrogen (secondary N) is 1. The molecule has 1 aliphatic rings. The Labute approximate surface area is 124 Å². The summed E-state index contributed by atoms with van der Waals surface area (Å²) < 4.78 is 2.41. The van der Waals surface area contributed by atoms with Gasteiger partial charge in [0.05, 0.1) is 5.69 Å². The molecule has 1 aliphatic carbocycles. The first-order valence-electron chi connectivity index (χ1n) is 8.53. The van der Waals surface area contributed by atoms with Crippen LogP contribution in [-0.2, 0) is 0 Å². The van der Waals surface area contributed by atoms with Gasteiger partial charge in [-0.3, -0.25) is 0 Å². The Morgan fingerprint density at radius 1 is 1.20 bits per heavy atom. The van der Waals surface area contributed by atoms with Gasteiger partial charge in [-0.05, 0) is 44.9 Å². The van der Waals surface area contributed by atoms with Crippen LogP contribution in [0.3, 0.4) is 0 Å². The van der Waals surface area contributed by atoms with E-state index in [1.165, 1.54) is 51.4 Å². The number of aryl methyl sites for hydroxylation is 1. The van der Waals surface area contributed by atoms with E-state index >= 15 is 0 Å². The summed E-state index contributed by atoms with van der Waals surface area (Å²) in [5.41, 5.74) is 1.14. The summed E-state index contributed by atoms with van der Waals surface area (Å²) in [7, 11) is 0. The minimum absolute atomic E-state index is 0.661. The predicted octanol–water partition coefficient (Wildman–Crippen LogP) is 4.93. The van der Waals surface area contributed by atoms with Gasteiger partial charge in [0.1, 0.15) is 0 Å². The van der Waals surface area contributed by atoms with E-state index in [1.807, 2.05) is 0 Å². The van der Waals surface area contributed by atoms with E-state index in [4.69, 9.17) is 0 Å². The summed E-state index contributed by atoms with van der Waals surface area (Å²) in [6.45, 7) is 7.68. The monoisotopic (exact) mass is 277 g/mol. The number of rotatable bonds is 7. The summed E-state index contributed by atoms with van der Waals surface area (Å²) in [5, 5.41) is 3.52. The molecule has 0 unspecified atom stereocenters. The molecule has 1 N–H and O–H groups in total. The first-order valence-corrected chi connectivity index (χ1v) is 8.53. The molecule has 3 nitrogen and oxygen atoms in total. The highest BCUT2D eigenvalue weighted by molar-refractivity contribution is 5.29. The number of imidazole rings is 1. The third-order valence-electron chi connectivity index (χ3n) is 4.57. The number of anilines is 1. The van der Waals surface area contributed by atoms with Crippen molar-refractivity contribution in [2.45, 2.75) is 78.2 Å². The molecule has 0 bridgehead atoms. The van der Waals surface area contributed by atoms with Gasteiger partial charge < -0.3 is 9.88 Å². The van der Waals surface area contributed by atoms with E-state index < -0.39 is 0 Å². The maximum Gasteiger partial charge on any atom is 0.203 e. The molecular weight excluding hydrogens is 246 g/mol. The molecule has 0 aliphatic heterocycles. The van der Waals surface area contributed by atoms with E-state index in [9.17, 15) is 0 Å². The molecule has 1 heterocycles. The molecule has 1 fully saturated rings. The fraction of sp³-hybridized carbons (Fsp3) is 0.824. The van der Waals surface area contributed by atoms with Crippen LogP contribution in [0.1, 0.15) is 76.9 Å². The van der Waals surface area contributed by atoms with Gasteiger partial charge in [-0.2, -0.15) is 0 Å². The van der Waals surface area contributed by atoms with Gasteiger partial charge >= 0.3 is 0 Å². The lowest BCUT2D eigenvalue weighted by atomic mass is 9.83. The highest BCUT2D eigenvalue weighted by Gasteiger charge is 2.23. The molecule has 1 aromatic rings. The zero-order chi connectivity index (χ0) is 14.4. The molecule has 0 aromatic carbocycles. The van der Waals surface area contributed by atoms with Gasteiger partial charge in [0, 0.05) is 18.8 Å². The summed E-state index contributed by atoms with van der Waals surface area (Å²) in [6.07, 6.45) is 12.9. The lowest BCUT2D eigenvalue weighted by molar-refractivity contribution is 0.264. The molecule has 3 heteroatoms. The van der Waals surface area contributed by atoms with Gasteiger partial charge in [0.15, 0.2) is 0 Å². The Morgan fingerprint density at radius 2 is 1.95 bits per heavy atom. The van der Waals surface area contributed by atoms with Gasteiger partial charge in [0.25, 0.3) is 0 Å². The molecule has 0 saturated heterocycles. The fourth-order valence-electron chi connectivity index (χ4n) is 3.42. The van der Waals surface area contributed by atoms with Crippen molar-refractivity contribution in [3.63, 3.8) is 0 Å². The standard InChI is InChI=1S/C17H31N3/c1-4-6-12-18-17-19-14(3)13-20(17)16-10-8-15(7-5-2)9-11-16/h13,15-16H,4-12H2,1-3H3,(H,18,19). The van der Waals surface area contributed by atoms with Crippen molar-refractivity contribution in [1.82, 2.24) is 9.55 Å². The fourth-order valence-corrected chi connectivity index (χ4v) is 3.42. The van der Waals surface area contributed by atoms with Crippen LogP contribution in [0, 0.1) is 12.8 Å². The number of hydrogen-bond acceptors (Lipinski definition) is 2. The first kappa shape index (κ1) is 15.4. The predicted molar refractivity (Wildman–Crippen MR) is 86.3 cm³/mol. The maximum absolute atomic E-state index is 4.66. The molecule has 0 spiro atoms. The SMILES string of the molecule is CCCCNc1nc(C)cn1C1CCC(CCC)CC1. The van der Waals surface area contributed by atoms with Crippen molar-refractivity contribution in [1.29, 1.82) is 0 Å². The highest BCUT2D eigenvalue weighted by atomic mass is 15.2. The summed E-state index contributed by atoms with van der Waals surface area (Å²) in [6, 6.07) is 0.661. The van der Waals surface area contributed by atoms with Crippen molar-refractivity contribution in [3.05, 3.63) is 11.9 Å². The number of aromatic nitrogens is 2. The average molecular weight is 277 g/mol. The summed E-state index contributed by atoms with van der Waals surface area (Å²) in [4.78, 5) is 4.66.